The molecule has 2 aromatic carbocycles. The Balaban J connectivity index is 1.79. The van der Waals surface area contributed by atoms with Gasteiger partial charge in [-0.25, -0.2) is 13.1 Å². The minimum absolute atomic E-state index is 0.0317. The zero-order valence-electron chi connectivity index (χ0n) is 16.0. The molecule has 3 rings (SSSR count). The number of sulfonamides is 1. The first-order chi connectivity index (χ1) is 12.8. The van der Waals surface area contributed by atoms with Crippen LogP contribution in [0.5, 0.6) is 0 Å². The van der Waals surface area contributed by atoms with Gasteiger partial charge in [-0.15, -0.1) is 0 Å². The lowest BCUT2D eigenvalue weighted by Gasteiger charge is -2.19. The van der Waals surface area contributed by atoms with E-state index in [9.17, 15) is 13.2 Å². The van der Waals surface area contributed by atoms with Gasteiger partial charge in [0, 0.05) is 25.2 Å². The van der Waals surface area contributed by atoms with Crippen molar-refractivity contribution in [3.05, 3.63) is 64.7 Å². The molecule has 6 heteroatoms. The summed E-state index contributed by atoms with van der Waals surface area (Å²) < 4.78 is 27.6. The predicted octanol–water partition coefficient (Wildman–Crippen LogP) is 3.27. The van der Waals surface area contributed by atoms with Crippen LogP contribution in [0.4, 0.5) is 0 Å². The lowest BCUT2D eigenvalue weighted by Crippen LogP contribution is -2.28. The fourth-order valence-electron chi connectivity index (χ4n) is 2.92. The minimum atomic E-state index is -3.58. The van der Waals surface area contributed by atoms with Gasteiger partial charge in [0.25, 0.3) is 5.91 Å². The molecular formula is C21H26N2O3S. The van der Waals surface area contributed by atoms with Crippen molar-refractivity contribution in [1.29, 1.82) is 0 Å². The molecule has 0 aliphatic heterocycles. The lowest BCUT2D eigenvalue weighted by atomic mass is 10.1. The zero-order valence-corrected chi connectivity index (χ0v) is 16.8. The van der Waals surface area contributed by atoms with Gasteiger partial charge in [-0.05, 0) is 55.0 Å². The van der Waals surface area contributed by atoms with E-state index in [1.165, 1.54) is 11.6 Å². The number of rotatable bonds is 7. The second-order valence-electron chi connectivity index (χ2n) is 7.20. The summed E-state index contributed by atoms with van der Waals surface area (Å²) in [6, 6.07) is 12.9. The summed E-state index contributed by atoms with van der Waals surface area (Å²) in [4.78, 5) is 14.7. The smallest absolute Gasteiger partial charge is 0.254 e. The molecule has 0 spiro atoms. The molecule has 0 radical (unpaired) electrons. The highest BCUT2D eigenvalue weighted by Gasteiger charge is 2.28. The fraction of sp³-hybridized carbons (Fsp3) is 0.381. The first-order valence-electron chi connectivity index (χ1n) is 9.26. The Labute approximate surface area is 161 Å². The van der Waals surface area contributed by atoms with Crippen molar-refractivity contribution in [2.24, 2.45) is 0 Å². The zero-order chi connectivity index (χ0) is 19.6. The molecule has 1 saturated carbocycles. The van der Waals surface area contributed by atoms with Crippen LogP contribution in [0.3, 0.4) is 0 Å². The van der Waals surface area contributed by atoms with Crippen molar-refractivity contribution in [2.75, 3.05) is 7.05 Å². The topological polar surface area (TPSA) is 66.5 Å². The number of carbonyl (C=O) groups excluding carboxylic acids is 1. The monoisotopic (exact) mass is 386 g/mol. The lowest BCUT2D eigenvalue weighted by molar-refractivity contribution is 0.0784. The van der Waals surface area contributed by atoms with E-state index in [4.69, 9.17) is 0 Å². The third kappa shape index (κ3) is 4.76. The first kappa shape index (κ1) is 19.6. The maximum absolute atomic E-state index is 12.9. The third-order valence-electron chi connectivity index (χ3n) is 4.85. The molecule has 1 N–H and O–H groups in total. The van der Waals surface area contributed by atoms with Gasteiger partial charge < -0.3 is 4.90 Å². The number of aryl methyl sites for hydroxylation is 2. The van der Waals surface area contributed by atoms with E-state index in [0.29, 0.717) is 12.1 Å². The van der Waals surface area contributed by atoms with Crippen molar-refractivity contribution in [3.63, 3.8) is 0 Å². The second kappa shape index (κ2) is 7.82. The van der Waals surface area contributed by atoms with Crippen LogP contribution < -0.4 is 4.72 Å². The molecule has 27 heavy (non-hydrogen) atoms. The maximum Gasteiger partial charge on any atom is 0.254 e. The highest BCUT2D eigenvalue weighted by atomic mass is 32.2. The molecule has 1 aliphatic rings. The summed E-state index contributed by atoms with van der Waals surface area (Å²) in [7, 11) is -1.85. The Morgan fingerprint density at radius 3 is 2.33 bits per heavy atom. The normalized spacial score (nSPS) is 14.2. The highest BCUT2D eigenvalue weighted by Crippen LogP contribution is 2.24. The molecule has 1 aliphatic carbocycles. The summed E-state index contributed by atoms with van der Waals surface area (Å²) in [6.07, 6.45) is 2.72. The van der Waals surface area contributed by atoms with Gasteiger partial charge in [0.05, 0.1) is 4.90 Å². The van der Waals surface area contributed by atoms with Gasteiger partial charge in [-0.1, -0.05) is 37.3 Å². The van der Waals surface area contributed by atoms with Crippen molar-refractivity contribution in [2.45, 2.75) is 50.6 Å². The van der Waals surface area contributed by atoms with Crippen LogP contribution in [0.15, 0.2) is 47.4 Å². The average molecular weight is 387 g/mol. The largest absolute Gasteiger partial charge is 0.337 e. The van der Waals surface area contributed by atoms with Crippen molar-refractivity contribution in [3.8, 4) is 0 Å². The Kier molecular flexibility index (Phi) is 5.67. The van der Waals surface area contributed by atoms with Crippen LogP contribution in [-0.4, -0.2) is 32.3 Å². The molecule has 0 bridgehead atoms. The molecular weight excluding hydrogens is 360 g/mol. The summed E-state index contributed by atoms with van der Waals surface area (Å²) in [6.45, 7) is 4.40. The average Bonchev–Trinajstić information content (AvgIpc) is 3.45. The van der Waals surface area contributed by atoms with Crippen LogP contribution >= 0.6 is 0 Å². The molecule has 0 aromatic heterocycles. The van der Waals surface area contributed by atoms with Crippen LogP contribution in [0.25, 0.3) is 0 Å². The minimum Gasteiger partial charge on any atom is -0.337 e. The maximum atomic E-state index is 12.9. The van der Waals surface area contributed by atoms with Crippen molar-refractivity contribution in [1.82, 2.24) is 9.62 Å². The Morgan fingerprint density at radius 1 is 1.11 bits per heavy atom. The summed E-state index contributed by atoms with van der Waals surface area (Å²) in [5.74, 6) is -0.185. The predicted molar refractivity (Wildman–Crippen MR) is 106 cm³/mol. The van der Waals surface area contributed by atoms with Crippen LogP contribution in [0.1, 0.15) is 46.8 Å². The molecule has 5 nitrogen and oxygen atoms in total. The van der Waals surface area contributed by atoms with E-state index in [2.05, 4.69) is 23.8 Å². The summed E-state index contributed by atoms with van der Waals surface area (Å²) >= 11 is 0. The van der Waals surface area contributed by atoms with Gasteiger partial charge in [-0.2, -0.15) is 0 Å². The molecule has 0 saturated heterocycles. The molecule has 2 aromatic rings. The molecule has 0 unspecified atom stereocenters. The fourth-order valence-corrected chi connectivity index (χ4v) is 4.25. The Morgan fingerprint density at radius 2 is 1.74 bits per heavy atom. The number of amides is 1. The molecule has 0 heterocycles. The van der Waals surface area contributed by atoms with Crippen LogP contribution in [0.2, 0.25) is 0 Å². The molecule has 1 amide bonds. The first-order valence-corrected chi connectivity index (χ1v) is 10.7. The van der Waals surface area contributed by atoms with E-state index >= 15 is 0 Å². The molecule has 1 fully saturated rings. The molecule has 144 valence electrons. The van der Waals surface area contributed by atoms with Gasteiger partial charge in [-0.3, -0.25) is 4.79 Å². The number of carbonyl (C=O) groups is 1. The number of nitrogens with zero attached hydrogens (tertiary/aromatic N) is 1. The number of hydrogen-bond acceptors (Lipinski definition) is 3. The van der Waals surface area contributed by atoms with Crippen LogP contribution in [-0.2, 0) is 23.0 Å². The summed E-state index contributed by atoms with van der Waals surface area (Å²) in [5, 5.41) is 0. The third-order valence-corrected chi connectivity index (χ3v) is 6.36. The van der Waals surface area contributed by atoms with Crippen molar-refractivity contribution < 1.29 is 13.2 Å². The van der Waals surface area contributed by atoms with Crippen molar-refractivity contribution >= 4 is 15.9 Å². The van der Waals surface area contributed by atoms with E-state index in [0.717, 1.165) is 30.4 Å². The van der Waals surface area contributed by atoms with Gasteiger partial charge in [0.1, 0.15) is 0 Å². The Hall–Kier alpha value is -2.18. The van der Waals surface area contributed by atoms with Gasteiger partial charge >= 0.3 is 0 Å². The quantitative estimate of drug-likeness (QED) is 0.794. The van der Waals surface area contributed by atoms with E-state index in [-0.39, 0.29) is 16.8 Å². The van der Waals surface area contributed by atoms with E-state index < -0.39 is 10.0 Å². The van der Waals surface area contributed by atoms with Gasteiger partial charge in [0.15, 0.2) is 0 Å². The number of hydrogen-bond donors (Lipinski definition) is 1. The second-order valence-corrected chi connectivity index (χ2v) is 8.92. The van der Waals surface area contributed by atoms with E-state index in [1.807, 2.05) is 19.1 Å². The Bertz CT molecular complexity index is 932. The standard InChI is InChI=1S/C21H26N2O3S/c1-4-16-6-8-17(9-7-16)14-23(3)21(24)20-13-19(12-5-15(20)2)27(25,26)22-18-10-11-18/h5-9,12-13,18,22H,4,10-11,14H2,1-3H3. The van der Waals surface area contributed by atoms with E-state index in [1.54, 1.807) is 24.1 Å². The SMILES string of the molecule is CCc1ccc(CN(C)C(=O)c2cc(S(=O)(=O)NC3CC3)ccc2C)cc1. The summed E-state index contributed by atoms with van der Waals surface area (Å²) in [5.41, 5.74) is 3.48. The molecule has 0 atom stereocenters. The number of benzene rings is 2. The van der Waals surface area contributed by atoms with Crippen LogP contribution in [0, 0.1) is 6.92 Å². The number of nitrogens with one attached hydrogen (secondary N) is 1. The van der Waals surface area contributed by atoms with Gasteiger partial charge in [0.2, 0.25) is 10.0 Å². The highest BCUT2D eigenvalue weighted by molar-refractivity contribution is 7.89.